The number of rotatable bonds is 3. The quantitative estimate of drug-likeness (QED) is 0.900. The first kappa shape index (κ1) is 13.0. The second-order valence-corrected chi connectivity index (χ2v) is 4.76. The topological polar surface area (TPSA) is 40.5 Å². The summed E-state index contributed by atoms with van der Waals surface area (Å²) in [6, 6.07) is 2.79. The summed E-state index contributed by atoms with van der Waals surface area (Å²) in [6.45, 7) is 2.70. The molecular weight excluding hydrogens is 240 g/mol. The van der Waals surface area contributed by atoms with Gasteiger partial charge < -0.3 is 5.11 Å². The smallest absolute Gasteiger partial charge is 0.321 e. The minimum absolute atomic E-state index is 0.0472. The fourth-order valence-electron chi connectivity index (χ4n) is 2.47. The molecule has 3 nitrogen and oxygen atoms in total. The Morgan fingerprint density at radius 3 is 2.83 bits per heavy atom. The standard InChI is InChI=1S/C13H15F2NO2/c1-8-4-5-16(12(8)13(17)18)7-9-2-3-10(14)6-11(9)15/h2-3,6,8,12H,4-5,7H2,1H3,(H,17,18). The third-order valence-corrected chi connectivity index (χ3v) is 3.45. The molecule has 2 unspecified atom stereocenters. The zero-order valence-corrected chi connectivity index (χ0v) is 10.1. The van der Waals surface area contributed by atoms with E-state index in [1.54, 1.807) is 4.90 Å². The lowest BCUT2D eigenvalue weighted by Gasteiger charge is -2.23. The van der Waals surface area contributed by atoms with E-state index in [4.69, 9.17) is 5.11 Å². The average Bonchev–Trinajstić information content (AvgIpc) is 2.64. The van der Waals surface area contributed by atoms with E-state index in [0.717, 1.165) is 12.5 Å². The van der Waals surface area contributed by atoms with Gasteiger partial charge in [-0.2, -0.15) is 0 Å². The van der Waals surface area contributed by atoms with E-state index in [-0.39, 0.29) is 12.5 Å². The molecular formula is C13H15F2NO2. The van der Waals surface area contributed by atoms with E-state index < -0.39 is 23.6 Å². The van der Waals surface area contributed by atoms with Crippen LogP contribution in [0.2, 0.25) is 0 Å². The van der Waals surface area contributed by atoms with Crippen molar-refractivity contribution in [1.82, 2.24) is 4.90 Å². The maximum Gasteiger partial charge on any atom is 0.321 e. The average molecular weight is 255 g/mol. The van der Waals surface area contributed by atoms with Crippen LogP contribution in [-0.4, -0.2) is 28.6 Å². The molecule has 0 aromatic heterocycles. The highest BCUT2D eigenvalue weighted by molar-refractivity contribution is 5.74. The van der Waals surface area contributed by atoms with Crippen LogP contribution in [0, 0.1) is 17.6 Å². The number of hydrogen-bond donors (Lipinski definition) is 1. The highest BCUT2D eigenvalue weighted by Gasteiger charge is 2.36. The molecule has 0 amide bonds. The Morgan fingerprint density at radius 1 is 1.50 bits per heavy atom. The fraction of sp³-hybridized carbons (Fsp3) is 0.462. The molecule has 18 heavy (non-hydrogen) atoms. The summed E-state index contributed by atoms with van der Waals surface area (Å²) in [6.07, 6.45) is 0.778. The van der Waals surface area contributed by atoms with Crippen molar-refractivity contribution in [3.63, 3.8) is 0 Å². The lowest BCUT2D eigenvalue weighted by Crippen LogP contribution is -2.38. The predicted octanol–water partition coefficient (Wildman–Crippen LogP) is 2.26. The Balaban J connectivity index is 2.16. The van der Waals surface area contributed by atoms with Crippen LogP contribution in [0.1, 0.15) is 18.9 Å². The summed E-state index contributed by atoms with van der Waals surface area (Å²) in [5.41, 5.74) is 0.330. The molecule has 1 N–H and O–H groups in total. The van der Waals surface area contributed by atoms with E-state index in [1.807, 2.05) is 6.92 Å². The first-order valence-corrected chi connectivity index (χ1v) is 5.90. The molecule has 0 radical (unpaired) electrons. The van der Waals surface area contributed by atoms with E-state index in [1.165, 1.54) is 12.1 Å². The number of benzene rings is 1. The number of carboxylic acids is 1. The van der Waals surface area contributed by atoms with Crippen LogP contribution in [0.15, 0.2) is 18.2 Å². The van der Waals surface area contributed by atoms with Crippen LogP contribution >= 0.6 is 0 Å². The molecule has 2 atom stereocenters. The number of carbonyl (C=O) groups is 1. The normalized spacial score (nSPS) is 24.4. The Morgan fingerprint density at radius 2 is 2.22 bits per heavy atom. The van der Waals surface area contributed by atoms with Crippen molar-refractivity contribution in [2.45, 2.75) is 25.9 Å². The Kier molecular flexibility index (Phi) is 3.61. The van der Waals surface area contributed by atoms with Crippen molar-refractivity contribution in [1.29, 1.82) is 0 Å². The molecule has 0 bridgehead atoms. The van der Waals surface area contributed by atoms with Gasteiger partial charge in [0.05, 0.1) is 0 Å². The number of halogens is 2. The molecule has 0 aliphatic carbocycles. The monoisotopic (exact) mass is 255 g/mol. The summed E-state index contributed by atoms with van der Waals surface area (Å²) >= 11 is 0. The van der Waals surface area contributed by atoms with Crippen LogP contribution in [0.3, 0.4) is 0 Å². The molecule has 1 saturated heterocycles. The Bertz CT molecular complexity index is 464. The molecule has 1 heterocycles. The zero-order valence-electron chi connectivity index (χ0n) is 10.1. The van der Waals surface area contributed by atoms with Gasteiger partial charge in [0.15, 0.2) is 0 Å². The second kappa shape index (κ2) is 5.02. The summed E-state index contributed by atoms with van der Waals surface area (Å²) < 4.78 is 26.3. The molecule has 5 heteroatoms. The Labute approximate surface area is 104 Å². The van der Waals surface area contributed by atoms with Crippen molar-refractivity contribution in [2.75, 3.05) is 6.54 Å². The van der Waals surface area contributed by atoms with Crippen molar-refractivity contribution < 1.29 is 18.7 Å². The van der Waals surface area contributed by atoms with Crippen molar-refractivity contribution in [3.05, 3.63) is 35.4 Å². The van der Waals surface area contributed by atoms with Crippen LogP contribution in [0.25, 0.3) is 0 Å². The lowest BCUT2D eigenvalue weighted by molar-refractivity contribution is -0.143. The minimum Gasteiger partial charge on any atom is -0.480 e. The molecule has 2 rings (SSSR count). The molecule has 0 saturated carbocycles. The fourth-order valence-corrected chi connectivity index (χ4v) is 2.47. The number of aliphatic carboxylic acids is 1. The predicted molar refractivity (Wildman–Crippen MR) is 62.0 cm³/mol. The van der Waals surface area contributed by atoms with E-state index >= 15 is 0 Å². The van der Waals surface area contributed by atoms with Gasteiger partial charge in [0, 0.05) is 18.2 Å². The van der Waals surface area contributed by atoms with Crippen LogP contribution in [-0.2, 0) is 11.3 Å². The highest BCUT2D eigenvalue weighted by atomic mass is 19.1. The number of carboxylic acid groups (broad SMARTS) is 1. The third-order valence-electron chi connectivity index (χ3n) is 3.45. The van der Waals surface area contributed by atoms with Crippen LogP contribution in [0.5, 0.6) is 0 Å². The maximum atomic E-state index is 13.5. The van der Waals surface area contributed by atoms with Gasteiger partial charge in [-0.1, -0.05) is 13.0 Å². The minimum atomic E-state index is -0.887. The van der Waals surface area contributed by atoms with E-state index in [2.05, 4.69) is 0 Å². The second-order valence-electron chi connectivity index (χ2n) is 4.76. The molecule has 98 valence electrons. The van der Waals surface area contributed by atoms with Crippen molar-refractivity contribution >= 4 is 5.97 Å². The first-order chi connectivity index (χ1) is 8.49. The maximum absolute atomic E-state index is 13.5. The van der Waals surface area contributed by atoms with Gasteiger partial charge in [-0.15, -0.1) is 0 Å². The Hall–Kier alpha value is -1.49. The van der Waals surface area contributed by atoms with Gasteiger partial charge >= 0.3 is 5.97 Å². The van der Waals surface area contributed by atoms with Gasteiger partial charge in [-0.05, 0) is 24.9 Å². The van der Waals surface area contributed by atoms with Gasteiger partial charge in [0.2, 0.25) is 0 Å². The van der Waals surface area contributed by atoms with Crippen LogP contribution < -0.4 is 0 Å². The molecule has 1 aromatic rings. The number of hydrogen-bond acceptors (Lipinski definition) is 2. The summed E-state index contributed by atoms with van der Waals surface area (Å²) in [7, 11) is 0. The van der Waals surface area contributed by atoms with E-state index in [0.29, 0.717) is 12.1 Å². The number of likely N-dealkylation sites (tertiary alicyclic amines) is 1. The summed E-state index contributed by atoms with van der Waals surface area (Å²) in [5, 5.41) is 9.15. The molecule has 0 spiro atoms. The zero-order chi connectivity index (χ0) is 13.3. The summed E-state index contributed by atoms with van der Waals surface area (Å²) in [5.74, 6) is -2.09. The first-order valence-electron chi connectivity index (χ1n) is 5.90. The molecule has 1 aliphatic heterocycles. The number of nitrogens with zero attached hydrogens (tertiary/aromatic N) is 1. The van der Waals surface area contributed by atoms with Gasteiger partial charge in [0.1, 0.15) is 17.7 Å². The van der Waals surface area contributed by atoms with Crippen LogP contribution in [0.4, 0.5) is 8.78 Å². The van der Waals surface area contributed by atoms with Gasteiger partial charge in [0.25, 0.3) is 0 Å². The van der Waals surface area contributed by atoms with Crippen molar-refractivity contribution in [2.24, 2.45) is 5.92 Å². The third kappa shape index (κ3) is 2.51. The van der Waals surface area contributed by atoms with Gasteiger partial charge in [-0.3, -0.25) is 9.69 Å². The largest absolute Gasteiger partial charge is 0.480 e. The van der Waals surface area contributed by atoms with Crippen molar-refractivity contribution in [3.8, 4) is 0 Å². The van der Waals surface area contributed by atoms with E-state index in [9.17, 15) is 13.6 Å². The highest BCUT2D eigenvalue weighted by Crippen LogP contribution is 2.26. The SMILES string of the molecule is CC1CCN(Cc2ccc(F)cc2F)C1C(=O)O. The molecule has 1 aliphatic rings. The molecule has 1 fully saturated rings. The summed E-state index contributed by atoms with van der Waals surface area (Å²) in [4.78, 5) is 12.9. The molecule has 1 aromatic carbocycles. The van der Waals surface area contributed by atoms with Gasteiger partial charge in [-0.25, -0.2) is 8.78 Å². The lowest BCUT2D eigenvalue weighted by atomic mass is 10.0.